The van der Waals surface area contributed by atoms with Crippen LogP contribution >= 0.6 is 23.1 Å². The Morgan fingerprint density at radius 2 is 2.18 bits per heavy atom. The molecule has 0 saturated carbocycles. The van der Waals surface area contributed by atoms with Crippen molar-refractivity contribution in [1.82, 2.24) is 9.99 Å². The Bertz CT molecular complexity index is 1090. The number of rotatable bonds is 4. The highest BCUT2D eigenvalue weighted by molar-refractivity contribution is 8.00. The maximum absolute atomic E-state index is 12.6. The molecular weight excluding hydrogens is 420 g/mol. The Hall–Kier alpha value is -1.98. The van der Waals surface area contributed by atoms with Crippen molar-refractivity contribution in [1.29, 1.82) is 0 Å². The van der Waals surface area contributed by atoms with E-state index in [2.05, 4.69) is 15.4 Å². The fourth-order valence-corrected chi connectivity index (χ4v) is 6.48. The molecule has 1 fully saturated rings. The summed E-state index contributed by atoms with van der Waals surface area (Å²) in [5.74, 6) is -0.677. The number of aromatic nitrogens is 1. The van der Waals surface area contributed by atoms with Crippen LogP contribution in [0.25, 0.3) is 10.2 Å². The zero-order valence-corrected chi connectivity index (χ0v) is 17.5. The highest BCUT2D eigenvalue weighted by Crippen LogP contribution is 2.30. The van der Waals surface area contributed by atoms with E-state index in [9.17, 15) is 18.0 Å². The van der Waals surface area contributed by atoms with Gasteiger partial charge in [-0.15, -0.1) is 11.3 Å². The van der Waals surface area contributed by atoms with Gasteiger partial charge in [0.25, 0.3) is 5.91 Å². The number of anilines is 1. The number of hydrogen-bond donors (Lipinski definition) is 1. The topological polar surface area (TPSA) is 109 Å². The Labute approximate surface area is 170 Å². The van der Waals surface area contributed by atoms with Gasteiger partial charge in [-0.05, 0) is 30.9 Å². The molecule has 2 aliphatic heterocycles. The number of fused-ring (bicyclic) bond motifs is 1. The third-order valence-corrected chi connectivity index (χ3v) is 8.43. The first-order valence-electron chi connectivity index (χ1n) is 8.70. The summed E-state index contributed by atoms with van der Waals surface area (Å²) in [5, 5.41) is 8.21. The molecule has 11 heteroatoms. The molecule has 1 unspecified atom stereocenters. The molecule has 4 rings (SSSR count). The predicted octanol–water partition coefficient (Wildman–Crippen LogP) is 2.12. The Kier molecular flexibility index (Phi) is 5.15. The molecule has 1 saturated heterocycles. The van der Waals surface area contributed by atoms with E-state index in [0.717, 1.165) is 14.6 Å². The van der Waals surface area contributed by atoms with E-state index in [0.29, 0.717) is 12.1 Å². The summed E-state index contributed by atoms with van der Waals surface area (Å²) in [6.45, 7) is 0. The van der Waals surface area contributed by atoms with E-state index in [1.807, 2.05) is 18.4 Å². The molecule has 8 nitrogen and oxygen atoms in total. The summed E-state index contributed by atoms with van der Waals surface area (Å²) >= 11 is 3.12. The van der Waals surface area contributed by atoms with Gasteiger partial charge in [-0.1, -0.05) is 11.8 Å². The van der Waals surface area contributed by atoms with Crippen LogP contribution in [-0.4, -0.2) is 59.7 Å². The number of nitrogens with zero attached hydrogens (tertiary/aromatic N) is 3. The molecule has 1 N–H and O–H groups in total. The first kappa shape index (κ1) is 19.3. The molecule has 0 aliphatic carbocycles. The van der Waals surface area contributed by atoms with Crippen molar-refractivity contribution in [3.63, 3.8) is 0 Å². The maximum Gasteiger partial charge on any atom is 0.271 e. The average Bonchev–Trinajstić information content (AvgIpc) is 3.24. The zero-order chi connectivity index (χ0) is 19.9. The van der Waals surface area contributed by atoms with E-state index in [4.69, 9.17) is 0 Å². The largest absolute Gasteiger partial charge is 0.321 e. The second-order valence-electron chi connectivity index (χ2n) is 6.66. The molecule has 2 aliphatic rings. The van der Waals surface area contributed by atoms with Crippen LogP contribution in [0.3, 0.4) is 0 Å². The lowest BCUT2D eigenvalue weighted by Crippen LogP contribution is -2.42. The molecule has 148 valence electrons. The summed E-state index contributed by atoms with van der Waals surface area (Å²) in [4.78, 5) is 29.3. The van der Waals surface area contributed by atoms with Crippen LogP contribution < -0.4 is 5.32 Å². The number of amides is 2. The van der Waals surface area contributed by atoms with Crippen LogP contribution in [0.15, 0.2) is 27.6 Å². The quantitative estimate of drug-likeness (QED) is 0.733. The molecule has 2 aromatic rings. The van der Waals surface area contributed by atoms with Crippen LogP contribution in [0.5, 0.6) is 0 Å². The smallest absolute Gasteiger partial charge is 0.271 e. The number of benzene rings is 1. The maximum atomic E-state index is 12.6. The summed E-state index contributed by atoms with van der Waals surface area (Å²) in [6.07, 6.45) is 2.70. The highest BCUT2D eigenvalue weighted by Gasteiger charge is 2.37. The van der Waals surface area contributed by atoms with Crippen molar-refractivity contribution in [2.45, 2.75) is 29.6 Å². The van der Waals surface area contributed by atoms with Gasteiger partial charge in [0.2, 0.25) is 5.91 Å². The lowest BCUT2D eigenvalue weighted by molar-refractivity contribution is -0.133. The van der Waals surface area contributed by atoms with Crippen LogP contribution in [0, 0.1) is 0 Å². The van der Waals surface area contributed by atoms with E-state index in [1.54, 1.807) is 29.2 Å². The van der Waals surface area contributed by atoms with E-state index >= 15 is 0 Å². The van der Waals surface area contributed by atoms with Crippen molar-refractivity contribution >= 4 is 66.4 Å². The number of hydrogen-bond acceptors (Lipinski definition) is 8. The van der Waals surface area contributed by atoms with Crippen molar-refractivity contribution in [3.8, 4) is 0 Å². The lowest BCUT2D eigenvalue weighted by atomic mass is 10.1. The number of carbonyl (C=O) groups is 2. The predicted molar refractivity (Wildman–Crippen MR) is 111 cm³/mol. The fourth-order valence-electron chi connectivity index (χ4n) is 3.26. The van der Waals surface area contributed by atoms with Crippen molar-refractivity contribution in [2.75, 3.05) is 23.1 Å². The molecule has 1 aromatic heterocycles. The molecule has 1 atom stereocenters. The third-order valence-electron chi connectivity index (χ3n) is 4.68. The highest BCUT2D eigenvalue weighted by atomic mass is 32.2. The average molecular weight is 439 g/mol. The molecular formula is C17H18N4O4S3. The van der Waals surface area contributed by atoms with Gasteiger partial charge in [-0.25, -0.2) is 18.4 Å². The molecule has 3 heterocycles. The molecule has 0 radical (unpaired) electrons. The van der Waals surface area contributed by atoms with Gasteiger partial charge in [0.05, 0.1) is 27.8 Å². The first-order chi connectivity index (χ1) is 13.3. The summed E-state index contributed by atoms with van der Waals surface area (Å²) < 4.78 is 25.3. The Morgan fingerprint density at radius 3 is 2.89 bits per heavy atom. The molecule has 2 amide bonds. The summed E-state index contributed by atoms with van der Waals surface area (Å²) in [6, 6.07) is 5.00. The van der Waals surface area contributed by atoms with Gasteiger partial charge in [-0.2, -0.15) is 5.10 Å². The van der Waals surface area contributed by atoms with Crippen LogP contribution in [0.2, 0.25) is 0 Å². The van der Waals surface area contributed by atoms with E-state index in [1.165, 1.54) is 5.01 Å². The minimum Gasteiger partial charge on any atom is -0.321 e. The second kappa shape index (κ2) is 7.45. The number of sulfone groups is 1. The molecule has 1 aromatic carbocycles. The fraction of sp³-hybridized carbons (Fsp3) is 0.412. The molecule has 0 bridgehead atoms. The monoisotopic (exact) mass is 438 g/mol. The third kappa shape index (κ3) is 3.91. The number of nitrogens with one attached hydrogen (secondary N) is 1. The lowest BCUT2D eigenvalue weighted by Gasteiger charge is -2.27. The van der Waals surface area contributed by atoms with Gasteiger partial charge < -0.3 is 5.32 Å². The van der Waals surface area contributed by atoms with E-state index < -0.39 is 15.9 Å². The van der Waals surface area contributed by atoms with Gasteiger partial charge in [0, 0.05) is 18.5 Å². The minimum absolute atomic E-state index is 0.0470. The summed E-state index contributed by atoms with van der Waals surface area (Å²) in [5.41, 5.74) is 1.74. The Morgan fingerprint density at radius 1 is 1.36 bits per heavy atom. The number of carbonyl (C=O) groups excluding carboxylic acids is 2. The normalized spacial score (nSPS) is 21.8. The Balaban J connectivity index is 1.52. The molecule has 0 spiro atoms. The van der Waals surface area contributed by atoms with Gasteiger partial charge in [0.15, 0.2) is 14.2 Å². The standard InChI is InChI=1S/C17H18N4O4S3/c1-26-17-19-12-3-2-10(8-14(12)27-17)18-16(23)13-4-5-15(22)21(20-13)11-6-7-28(24,25)9-11/h2-3,8,11H,4-7,9H2,1H3,(H,18,23). The SMILES string of the molecule is CSc1nc2ccc(NC(=O)C3=NN(C4CCS(=O)(=O)C4)C(=O)CC3)cc2s1. The van der Waals surface area contributed by atoms with Crippen molar-refractivity contribution < 1.29 is 18.0 Å². The second-order valence-corrected chi connectivity index (χ2v) is 11.0. The van der Waals surface area contributed by atoms with Gasteiger partial charge >= 0.3 is 0 Å². The van der Waals surface area contributed by atoms with Crippen LogP contribution in [0.4, 0.5) is 5.69 Å². The summed E-state index contributed by atoms with van der Waals surface area (Å²) in [7, 11) is -3.15. The van der Waals surface area contributed by atoms with E-state index in [-0.39, 0.29) is 41.9 Å². The first-order valence-corrected chi connectivity index (χ1v) is 12.6. The van der Waals surface area contributed by atoms with Crippen molar-refractivity contribution in [3.05, 3.63) is 18.2 Å². The number of hydrazone groups is 1. The van der Waals surface area contributed by atoms with Gasteiger partial charge in [-0.3, -0.25) is 9.59 Å². The van der Waals surface area contributed by atoms with Crippen molar-refractivity contribution in [2.24, 2.45) is 5.10 Å². The zero-order valence-electron chi connectivity index (χ0n) is 15.0. The van der Waals surface area contributed by atoms with Crippen LogP contribution in [-0.2, 0) is 19.4 Å². The number of thiazole rings is 1. The van der Waals surface area contributed by atoms with Crippen LogP contribution in [0.1, 0.15) is 19.3 Å². The minimum atomic E-state index is -3.15. The number of thioether (sulfide) groups is 1. The van der Waals surface area contributed by atoms with Gasteiger partial charge in [0.1, 0.15) is 5.71 Å². The molecule has 28 heavy (non-hydrogen) atoms.